The predicted octanol–water partition coefficient (Wildman–Crippen LogP) is 4.91. The molecule has 0 atom stereocenters. The highest BCUT2D eigenvalue weighted by Crippen LogP contribution is 2.29. The summed E-state index contributed by atoms with van der Waals surface area (Å²) in [6, 6.07) is 29.4. The molecule has 35 heavy (non-hydrogen) atoms. The van der Waals surface area contributed by atoms with Crippen LogP contribution in [-0.4, -0.2) is 52.0 Å². The minimum absolute atomic E-state index is 0.135. The van der Waals surface area contributed by atoms with Crippen molar-refractivity contribution in [2.24, 2.45) is 0 Å². The van der Waals surface area contributed by atoms with Crippen LogP contribution in [0.15, 0.2) is 89.5 Å². The molecule has 1 fully saturated rings. The van der Waals surface area contributed by atoms with Crippen LogP contribution >= 0.6 is 0 Å². The molecule has 0 saturated carbocycles. The van der Waals surface area contributed by atoms with Gasteiger partial charge in [0.15, 0.2) is 0 Å². The number of hydrogen-bond acceptors (Lipinski definition) is 5. The van der Waals surface area contributed by atoms with E-state index in [2.05, 4.69) is 75.7 Å². The lowest BCUT2D eigenvalue weighted by atomic mass is 9.96. The lowest BCUT2D eigenvalue weighted by Crippen LogP contribution is -2.49. The largest absolute Gasteiger partial charge is 0.340 e. The van der Waals surface area contributed by atoms with Gasteiger partial charge in [0.1, 0.15) is 0 Å². The molecule has 178 valence electrons. The molecule has 1 amide bonds. The Hall–Kier alpha value is -3.77. The van der Waals surface area contributed by atoms with Gasteiger partial charge in [0, 0.05) is 44.6 Å². The molecule has 6 heteroatoms. The van der Waals surface area contributed by atoms with E-state index in [1.54, 1.807) is 0 Å². The Morgan fingerprint density at radius 2 is 1.54 bits per heavy atom. The third-order valence-corrected chi connectivity index (χ3v) is 6.56. The number of carbonyl (C=O) groups excluding carboxylic acids is 1. The van der Waals surface area contributed by atoms with Crippen LogP contribution in [0.1, 0.15) is 35.0 Å². The lowest BCUT2D eigenvalue weighted by Gasteiger charge is -2.39. The van der Waals surface area contributed by atoms with Crippen molar-refractivity contribution in [2.45, 2.75) is 25.8 Å². The molecule has 1 aliphatic heterocycles. The quantitative estimate of drug-likeness (QED) is 0.387. The van der Waals surface area contributed by atoms with E-state index in [1.807, 2.05) is 36.1 Å². The third kappa shape index (κ3) is 5.49. The molecule has 1 aromatic heterocycles. The van der Waals surface area contributed by atoms with Crippen LogP contribution in [0.2, 0.25) is 0 Å². The first kappa shape index (κ1) is 23.0. The predicted molar refractivity (Wildman–Crippen MR) is 136 cm³/mol. The van der Waals surface area contributed by atoms with Gasteiger partial charge in [-0.2, -0.15) is 4.98 Å². The second kappa shape index (κ2) is 10.7. The van der Waals surface area contributed by atoms with Crippen molar-refractivity contribution in [1.29, 1.82) is 0 Å². The molecule has 6 nitrogen and oxygen atoms in total. The van der Waals surface area contributed by atoms with Crippen LogP contribution in [0.5, 0.6) is 0 Å². The highest BCUT2D eigenvalue weighted by atomic mass is 16.5. The molecule has 5 rings (SSSR count). The number of aromatic nitrogens is 2. The van der Waals surface area contributed by atoms with Crippen LogP contribution in [0.3, 0.4) is 0 Å². The molecular formula is C29H30N4O2. The van der Waals surface area contributed by atoms with E-state index in [1.165, 1.54) is 11.1 Å². The topological polar surface area (TPSA) is 62.5 Å². The Labute approximate surface area is 206 Å². The fraction of sp³-hybridized carbons (Fsp3) is 0.276. The van der Waals surface area contributed by atoms with Crippen molar-refractivity contribution in [3.63, 3.8) is 0 Å². The summed E-state index contributed by atoms with van der Waals surface area (Å²) >= 11 is 0. The van der Waals surface area contributed by atoms with Gasteiger partial charge in [-0.3, -0.25) is 9.69 Å². The minimum Gasteiger partial charge on any atom is -0.340 e. The zero-order chi connectivity index (χ0) is 24.0. The van der Waals surface area contributed by atoms with Crippen molar-refractivity contribution < 1.29 is 9.32 Å². The van der Waals surface area contributed by atoms with E-state index >= 15 is 0 Å². The summed E-state index contributed by atoms with van der Waals surface area (Å²) in [4.78, 5) is 21.8. The summed E-state index contributed by atoms with van der Waals surface area (Å²) in [7, 11) is 0. The van der Waals surface area contributed by atoms with E-state index in [0.717, 1.165) is 24.2 Å². The van der Waals surface area contributed by atoms with E-state index in [-0.39, 0.29) is 11.9 Å². The maximum atomic E-state index is 12.9. The first-order valence-corrected chi connectivity index (χ1v) is 12.2. The third-order valence-electron chi connectivity index (χ3n) is 6.56. The van der Waals surface area contributed by atoms with Gasteiger partial charge in [0.2, 0.25) is 17.6 Å². The zero-order valence-electron chi connectivity index (χ0n) is 20.0. The summed E-state index contributed by atoms with van der Waals surface area (Å²) in [5, 5.41) is 4.09. The van der Waals surface area contributed by atoms with Crippen LogP contribution in [0, 0.1) is 6.92 Å². The summed E-state index contributed by atoms with van der Waals surface area (Å²) < 4.78 is 5.40. The Bertz CT molecular complexity index is 1210. The van der Waals surface area contributed by atoms with Gasteiger partial charge < -0.3 is 9.42 Å². The summed E-state index contributed by atoms with van der Waals surface area (Å²) in [5.74, 6) is 1.20. The van der Waals surface area contributed by atoms with Crippen molar-refractivity contribution in [2.75, 3.05) is 26.2 Å². The van der Waals surface area contributed by atoms with Crippen molar-refractivity contribution in [3.05, 3.63) is 108 Å². The number of piperazine rings is 1. The van der Waals surface area contributed by atoms with Crippen molar-refractivity contribution in [3.8, 4) is 11.4 Å². The fourth-order valence-corrected chi connectivity index (χ4v) is 4.74. The number of aryl methyl sites for hydroxylation is 2. The molecule has 0 N–H and O–H groups in total. The van der Waals surface area contributed by atoms with Gasteiger partial charge in [-0.1, -0.05) is 89.6 Å². The van der Waals surface area contributed by atoms with E-state index < -0.39 is 0 Å². The number of hydrogen-bond donors (Lipinski definition) is 0. The lowest BCUT2D eigenvalue weighted by molar-refractivity contribution is -0.133. The second-order valence-electron chi connectivity index (χ2n) is 9.02. The molecule has 0 aliphatic carbocycles. The molecule has 4 aromatic rings. The maximum Gasteiger partial charge on any atom is 0.227 e. The van der Waals surface area contributed by atoms with Crippen molar-refractivity contribution in [1.82, 2.24) is 19.9 Å². The fourth-order valence-electron chi connectivity index (χ4n) is 4.74. The average Bonchev–Trinajstić information content (AvgIpc) is 3.38. The Morgan fingerprint density at radius 3 is 2.17 bits per heavy atom. The first-order chi connectivity index (χ1) is 17.2. The molecule has 0 bridgehead atoms. The van der Waals surface area contributed by atoms with Crippen molar-refractivity contribution >= 4 is 5.91 Å². The summed E-state index contributed by atoms with van der Waals surface area (Å²) in [6.45, 7) is 5.13. The highest BCUT2D eigenvalue weighted by molar-refractivity contribution is 5.76. The normalized spacial score (nSPS) is 14.4. The van der Waals surface area contributed by atoms with Gasteiger partial charge >= 0.3 is 0 Å². The highest BCUT2D eigenvalue weighted by Gasteiger charge is 2.28. The van der Waals surface area contributed by atoms with Crippen LogP contribution in [0.4, 0.5) is 0 Å². The Balaban J connectivity index is 1.18. The standard InChI is InChI=1S/C29H30N4O2/c1-22-9-8-14-25(21-22)29-30-26(35-31-29)15-16-27(34)32-17-19-33(20-18-32)28(23-10-4-2-5-11-23)24-12-6-3-7-13-24/h2-14,21,28H,15-20H2,1H3. The molecule has 1 saturated heterocycles. The molecule has 2 heterocycles. The van der Waals surface area contributed by atoms with Crippen LogP contribution in [0.25, 0.3) is 11.4 Å². The van der Waals surface area contributed by atoms with E-state index in [0.29, 0.717) is 37.6 Å². The summed E-state index contributed by atoms with van der Waals surface area (Å²) in [5.41, 5.74) is 4.62. The smallest absolute Gasteiger partial charge is 0.227 e. The number of benzene rings is 3. The van der Waals surface area contributed by atoms with Gasteiger partial charge in [-0.05, 0) is 24.1 Å². The average molecular weight is 467 g/mol. The SMILES string of the molecule is Cc1cccc(-c2noc(CCC(=O)N3CCN(C(c4ccccc4)c4ccccc4)CC3)n2)c1. The van der Waals surface area contributed by atoms with Crippen LogP contribution < -0.4 is 0 Å². The van der Waals surface area contributed by atoms with Gasteiger partial charge in [0.05, 0.1) is 6.04 Å². The van der Waals surface area contributed by atoms with Gasteiger partial charge in [0.25, 0.3) is 0 Å². The van der Waals surface area contributed by atoms with E-state index in [4.69, 9.17) is 4.52 Å². The monoisotopic (exact) mass is 466 g/mol. The molecule has 1 aliphatic rings. The van der Waals surface area contributed by atoms with Gasteiger partial charge in [-0.25, -0.2) is 0 Å². The molecule has 0 radical (unpaired) electrons. The molecule has 3 aromatic carbocycles. The molecule has 0 unspecified atom stereocenters. The van der Waals surface area contributed by atoms with Gasteiger partial charge in [-0.15, -0.1) is 0 Å². The maximum absolute atomic E-state index is 12.9. The number of rotatable bonds is 7. The number of carbonyl (C=O) groups is 1. The Kier molecular flexibility index (Phi) is 7.00. The second-order valence-corrected chi connectivity index (χ2v) is 9.02. The number of amides is 1. The molecular weight excluding hydrogens is 436 g/mol. The Morgan fingerprint density at radius 1 is 0.886 bits per heavy atom. The summed E-state index contributed by atoms with van der Waals surface area (Å²) in [6.07, 6.45) is 0.824. The van der Waals surface area contributed by atoms with Crippen LogP contribution in [-0.2, 0) is 11.2 Å². The minimum atomic E-state index is 0.135. The zero-order valence-corrected chi connectivity index (χ0v) is 20.0. The van der Waals surface area contributed by atoms with E-state index in [9.17, 15) is 4.79 Å². The first-order valence-electron chi connectivity index (χ1n) is 12.2. The molecule has 0 spiro atoms. The number of nitrogens with zero attached hydrogens (tertiary/aromatic N) is 4.